The van der Waals surface area contributed by atoms with E-state index in [1.54, 1.807) is 36.4 Å². The molecule has 1 amide bonds. The molecule has 0 saturated carbocycles. The highest BCUT2D eigenvalue weighted by atomic mass is 16.5. The second-order valence-electron chi connectivity index (χ2n) is 5.79. The summed E-state index contributed by atoms with van der Waals surface area (Å²) in [5.41, 5.74) is 0.300. The first-order valence-corrected chi connectivity index (χ1v) is 8.46. The van der Waals surface area contributed by atoms with Crippen LogP contribution < -0.4 is 10.1 Å². The number of ether oxygens (including phenoxy) is 2. The van der Waals surface area contributed by atoms with E-state index >= 15 is 0 Å². The van der Waals surface area contributed by atoms with Crippen molar-refractivity contribution in [1.82, 2.24) is 5.32 Å². The number of benzene rings is 2. The normalized spacial score (nSPS) is 11.4. The van der Waals surface area contributed by atoms with Crippen molar-refractivity contribution in [1.29, 1.82) is 0 Å². The summed E-state index contributed by atoms with van der Waals surface area (Å²) in [6, 6.07) is 19.3. The highest BCUT2D eigenvalue weighted by Crippen LogP contribution is 2.22. The minimum atomic E-state index is -0.939. The van der Waals surface area contributed by atoms with Crippen LogP contribution in [0.1, 0.15) is 23.0 Å². The number of esters is 1. The second kappa shape index (κ2) is 8.71. The van der Waals surface area contributed by atoms with Crippen LogP contribution in [-0.4, -0.2) is 18.0 Å². The third-order valence-corrected chi connectivity index (χ3v) is 3.72. The minimum absolute atomic E-state index is 0.230. The molecule has 0 spiro atoms. The van der Waals surface area contributed by atoms with Crippen LogP contribution in [0.5, 0.6) is 11.5 Å². The van der Waals surface area contributed by atoms with Crippen molar-refractivity contribution in [3.8, 4) is 11.5 Å². The van der Waals surface area contributed by atoms with Gasteiger partial charge in [-0.2, -0.15) is 0 Å². The van der Waals surface area contributed by atoms with Crippen molar-refractivity contribution in [3.63, 3.8) is 0 Å². The van der Waals surface area contributed by atoms with Gasteiger partial charge >= 0.3 is 5.97 Å². The number of amides is 1. The lowest BCUT2D eigenvalue weighted by atomic mass is 10.2. The Morgan fingerprint density at radius 3 is 2.52 bits per heavy atom. The summed E-state index contributed by atoms with van der Waals surface area (Å²) < 4.78 is 16.1. The summed E-state index contributed by atoms with van der Waals surface area (Å²) >= 11 is 0. The van der Waals surface area contributed by atoms with Gasteiger partial charge in [-0.3, -0.25) is 4.79 Å². The summed E-state index contributed by atoms with van der Waals surface area (Å²) in [5, 5.41) is 2.65. The monoisotopic (exact) mass is 365 g/mol. The molecule has 138 valence electrons. The third kappa shape index (κ3) is 5.22. The first-order chi connectivity index (χ1) is 13.1. The van der Waals surface area contributed by atoms with E-state index in [0.29, 0.717) is 22.8 Å². The molecule has 3 rings (SSSR count). The Labute approximate surface area is 156 Å². The van der Waals surface area contributed by atoms with E-state index < -0.39 is 18.0 Å². The predicted molar refractivity (Wildman–Crippen MR) is 98.4 cm³/mol. The molecule has 0 saturated heterocycles. The summed E-state index contributed by atoms with van der Waals surface area (Å²) in [4.78, 5) is 24.4. The topological polar surface area (TPSA) is 77.8 Å². The van der Waals surface area contributed by atoms with Crippen LogP contribution in [-0.2, 0) is 16.1 Å². The molecule has 1 aromatic heterocycles. The van der Waals surface area contributed by atoms with Crippen molar-refractivity contribution in [2.75, 3.05) is 0 Å². The number of rotatable bonds is 7. The van der Waals surface area contributed by atoms with E-state index in [2.05, 4.69) is 5.32 Å². The van der Waals surface area contributed by atoms with E-state index in [-0.39, 0.29) is 6.54 Å². The lowest BCUT2D eigenvalue weighted by molar-refractivity contribution is -0.129. The van der Waals surface area contributed by atoms with Gasteiger partial charge in [0.1, 0.15) is 17.3 Å². The highest BCUT2D eigenvalue weighted by Gasteiger charge is 2.19. The fourth-order valence-electron chi connectivity index (χ4n) is 2.32. The molecule has 0 fully saturated rings. The van der Waals surface area contributed by atoms with Crippen molar-refractivity contribution < 1.29 is 23.5 Å². The molecule has 2 aromatic carbocycles. The van der Waals surface area contributed by atoms with Gasteiger partial charge in [0, 0.05) is 0 Å². The summed E-state index contributed by atoms with van der Waals surface area (Å²) in [5.74, 6) is 0.775. The third-order valence-electron chi connectivity index (χ3n) is 3.72. The molecule has 1 N–H and O–H groups in total. The van der Waals surface area contributed by atoms with E-state index in [4.69, 9.17) is 13.9 Å². The smallest absolute Gasteiger partial charge is 0.339 e. The predicted octanol–water partition coefficient (Wildman–Crippen LogP) is 3.93. The molecular weight excluding hydrogens is 346 g/mol. The first-order valence-electron chi connectivity index (χ1n) is 8.46. The van der Waals surface area contributed by atoms with Gasteiger partial charge in [0.25, 0.3) is 5.91 Å². The largest absolute Gasteiger partial charge is 0.467 e. The average Bonchev–Trinajstić information content (AvgIpc) is 3.20. The molecule has 27 heavy (non-hydrogen) atoms. The summed E-state index contributed by atoms with van der Waals surface area (Å²) in [7, 11) is 0. The molecule has 6 nitrogen and oxygen atoms in total. The quantitative estimate of drug-likeness (QED) is 0.642. The van der Waals surface area contributed by atoms with Crippen molar-refractivity contribution >= 4 is 11.9 Å². The molecule has 0 aliphatic heterocycles. The first kappa shape index (κ1) is 18.3. The zero-order valence-corrected chi connectivity index (χ0v) is 14.8. The lowest BCUT2D eigenvalue weighted by Crippen LogP contribution is -2.35. The molecule has 1 atom stereocenters. The van der Waals surface area contributed by atoms with Gasteiger partial charge in [-0.05, 0) is 49.4 Å². The Balaban J connectivity index is 1.56. The Hall–Kier alpha value is -3.54. The van der Waals surface area contributed by atoms with Crippen molar-refractivity contribution in [2.45, 2.75) is 19.6 Å². The second-order valence-corrected chi connectivity index (χ2v) is 5.79. The van der Waals surface area contributed by atoms with Crippen LogP contribution in [0.25, 0.3) is 0 Å². The molecule has 0 bridgehead atoms. The molecular formula is C21H19NO5. The maximum absolute atomic E-state index is 12.3. The van der Waals surface area contributed by atoms with Gasteiger partial charge in [-0.15, -0.1) is 0 Å². The average molecular weight is 365 g/mol. The van der Waals surface area contributed by atoms with E-state index in [1.807, 2.05) is 30.3 Å². The van der Waals surface area contributed by atoms with Crippen molar-refractivity contribution in [2.24, 2.45) is 0 Å². The molecule has 0 aliphatic rings. The molecule has 1 unspecified atom stereocenters. The molecule has 6 heteroatoms. The van der Waals surface area contributed by atoms with E-state index in [9.17, 15) is 9.59 Å². The van der Waals surface area contributed by atoms with Crippen LogP contribution in [0.3, 0.4) is 0 Å². The maximum Gasteiger partial charge on any atom is 0.339 e. The van der Waals surface area contributed by atoms with Crippen LogP contribution in [0.4, 0.5) is 0 Å². The lowest BCUT2D eigenvalue weighted by Gasteiger charge is -2.13. The Bertz CT molecular complexity index is 890. The number of para-hydroxylation sites is 1. The number of nitrogens with one attached hydrogen (secondary N) is 1. The van der Waals surface area contributed by atoms with Crippen molar-refractivity contribution in [3.05, 3.63) is 84.3 Å². The maximum atomic E-state index is 12.3. The van der Waals surface area contributed by atoms with E-state index in [1.165, 1.54) is 13.2 Å². The number of hydrogen-bond acceptors (Lipinski definition) is 5. The number of furan rings is 1. The van der Waals surface area contributed by atoms with Gasteiger partial charge in [0.2, 0.25) is 0 Å². The molecule has 3 aromatic rings. The Morgan fingerprint density at radius 1 is 1.00 bits per heavy atom. The Morgan fingerprint density at radius 2 is 1.78 bits per heavy atom. The zero-order valence-electron chi connectivity index (χ0n) is 14.8. The zero-order chi connectivity index (χ0) is 19.1. The highest BCUT2D eigenvalue weighted by molar-refractivity contribution is 5.92. The molecule has 0 aliphatic carbocycles. The van der Waals surface area contributed by atoms with Gasteiger partial charge in [0.15, 0.2) is 6.10 Å². The standard InChI is InChI=1S/C21H19NO5/c1-15(20(23)22-14-19-11-6-12-25-19)26-21(24)16-7-5-10-18(13-16)27-17-8-3-2-4-9-17/h2-13,15H,14H2,1H3,(H,22,23). The van der Waals surface area contributed by atoms with Crippen LogP contribution in [0.15, 0.2) is 77.4 Å². The number of hydrogen-bond donors (Lipinski definition) is 1. The Kier molecular flexibility index (Phi) is 5.89. The van der Waals surface area contributed by atoms with Crippen LogP contribution in [0, 0.1) is 0 Å². The minimum Gasteiger partial charge on any atom is -0.467 e. The molecule has 0 radical (unpaired) electrons. The summed E-state index contributed by atoms with van der Waals surface area (Å²) in [6.45, 7) is 1.74. The van der Waals surface area contributed by atoms with Gasteiger partial charge in [0.05, 0.1) is 18.4 Å². The van der Waals surface area contributed by atoms with Gasteiger partial charge in [-0.25, -0.2) is 4.79 Å². The summed E-state index contributed by atoms with van der Waals surface area (Å²) in [6.07, 6.45) is 0.585. The number of carbonyl (C=O) groups excluding carboxylic acids is 2. The van der Waals surface area contributed by atoms with E-state index in [0.717, 1.165) is 0 Å². The van der Waals surface area contributed by atoms with Crippen LogP contribution in [0.2, 0.25) is 0 Å². The molecule has 1 heterocycles. The van der Waals surface area contributed by atoms with Gasteiger partial charge < -0.3 is 19.2 Å². The van der Waals surface area contributed by atoms with Crippen LogP contribution >= 0.6 is 0 Å². The fraction of sp³-hybridized carbons (Fsp3) is 0.143. The number of carbonyl (C=O) groups is 2. The fourth-order valence-corrected chi connectivity index (χ4v) is 2.32. The van der Waals surface area contributed by atoms with Gasteiger partial charge in [-0.1, -0.05) is 24.3 Å². The SMILES string of the molecule is CC(OC(=O)c1cccc(Oc2ccccc2)c1)C(=O)NCc1ccco1.